The molecule has 8 nitrogen and oxygen atoms in total. The van der Waals surface area contributed by atoms with E-state index in [4.69, 9.17) is 11.6 Å². The number of hydrogen-bond acceptors (Lipinski definition) is 5. The molecule has 1 amide bonds. The van der Waals surface area contributed by atoms with Crippen LogP contribution in [0.1, 0.15) is 36.0 Å². The predicted octanol–water partition coefficient (Wildman–Crippen LogP) is 2.83. The van der Waals surface area contributed by atoms with E-state index in [1.807, 2.05) is 0 Å². The van der Waals surface area contributed by atoms with Crippen LogP contribution in [-0.4, -0.2) is 21.8 Å². The van der Waals surface area contributed by atoms with Gasteiger partial charge in [-0.1, -0.05) is 24.4 Å². The maximum Gasteiger partial charge on any atom is 0.295 e. The summed E-state index contributed by atoms with van der Waals surface area (Å²) in [5.41, 5.74) is -1.44. The molecule has 0 unspecified atom stereocenters. The minimum absolute atomic E-state index is 0.00582. The third-order valence-corrected chi connectivity index (χ3v) is 3.77. The second-order valence-corrected chi connectivity index (χ2v) is 5.18. The third-order valence-electron chi connectivity index (χ3n) is 3.38. The van der Waals surface area contributed by atoms with Gasteiger partial charge in [0.15, 0.2) is 5.02 Å². The van der Waals surface area contributed by atoms with Gasteiger partial charge < -0.3 is 5.32 Å². The Morgan fingerprint density at radius 3 is 2.05 bits per heavy atom. The molecule has 0 saturated heterocycles. The van der Waals surface area contributed by atoms with Crippen molar-refractivity contribution in [3.05, 3.63) is 42.9 Å². The van der Waals surface area contributed by atoms with E-state index in [0.717, 1.165) is 37.8 Å². The molecular formula is C12H12ClN3O5. The third kappa shape index (κ3) is 3.27. The summed E-state index contributed by atoms with van der Waals surface area (Å²) in [6.45, 7) is 0. The minimum Gasteiger partial charge on any atom is -0.349 e. The molecule has 9 heteroatoms. The van der Waals surface area contributed by atoms with Crippen molar-refractivity contribution < 1.29 is 14.6 Å². The van der Waals surface area contributed by atoms with Gasteiger partial charge in [-0.2, -0.15) is 0 Å². The summed E-state index contributed by atoms with van der Waals surface area (Å²) >= 11 is 5.63. The van der Waals surface area contributed by atoms with E-state index in [9.17, 15) is 25.0 Å². The standard InChI is InChI=1S/C12H12ClN3O5/c13-11-9(15(18)19)5-7(6-10(11)16(20)21)12(17)14-8-3-1-2-4-8/h5-6,8H,1-4H2,(H,14,17). The van der Waals surface area contributed by atoms with E-state index >= 15 is 0 Å². The number of benzene rings is 1. The van der Waals surface area contributed by atoms with Crippen molar-refractivity contribution in [3.63, 3.8) is 0 Å². The van der Waals surface area contributed by atoms with Gasteiger partial charge in [-0.3, -0.25) is 25.0 Å². The lowest BCUT2D eigenvalue weighted by Crippen LogP contribution is -2.32. The molecule has 1 aromatic carbocycles. The molecule has 1 aromatic rings. The van der Waals surface area contributed by atoms with Gasteiger partial charge in [-0.25, -0.2) is 0 Å². The SMILES string of the molecule is O=C(NC1CCCC1)c1cc([N+](=O)[O-])c(Cl)c([N+](=O)[O-])c1. The normalized spacial score (nSPS) is 14.9. The molecule has 0 spiro atoms. The Morgan fingerprint density at radius 2 is 1.62 bits per heavy atom. The van der Waals surface area contributed by atoms with E-state index in [2.05, 4.69) is 5.32 Å². The van der Waals surface area contributed by atoms with Crippen molar-refractivity contribution in [3.8, 4) is 0 Å². The number of nitrogens with one attached hydrogen (secondary N) is 1. The van der Waals surface area contributed by atoms with E-state index in [-0.39, 0.29) is 11.6 Å². The van der Waals surface area contributed by atoms with Crippen LogP contribution in [0.15, 0.2) is 12.1 Å². The number of carbonyl (C=O) groups is 1. The molecule has 2 rings (SSSR count). The second-order valence-electron chi connectivity index (χ2n) is 4.80. The number of nitrogens with zero attached hydrogens (tertiary/aromatic N) is 2. The molecule has 1 saturated carbocycles. The number of nitro groups is 2. The molecule has 21 heavy (non-hydrogen) atoms. The van der Waals surface area contributed by atoms with Gasteiger partial charge in [0.2, 0.25) is 0 Å². The Kier molecular flexibility index (Phi) is 4.37. The van der Waals surface area contributed by atoms with Crippen LogP contribution in [0.3, 0.4) is 0 Å². The van der Waals surface area contributed by atoms with Gasteiger partial charge in [-0.05, 0) is 12.8 Å². The lowest BCUT2D eigenvalue weighted by atomic mass is 10.1. The van der Waals surface area contributed by atoms with Crippen molar-refractivity contribution in [1.82, 2.24) is 5.32 Å². The molecule has 0 heterocycles. The lowest BCUT2D eigenvalue weighted by Gasteiger charge is -2.11. The zero-order chi connectivity index (χ0) is 15.6. The first-order valence-electron chi connectivity index (χ1n) is 6.33. The topological polar surface area (TPSA) is 115 Å². The number of amides is 1. The van der Waals surface area contributed by atoms with Gasteiger partial charge >= 0.3 is 0 Å². The Labute approximate surface area is 124 Å². The Bertz CT molecular complexity index is 578. The van der Waals surface area contributed by atoms with Gasteiger partial charge in [0, 0.05) is 18.2 Å². The molecular weight excluding hydrogens is 302 g/mol. The molecule has 1 aliphatic carbocycles. The van der Waals surface area contributed by atoms with E-state index in [1.165, 1.54) is 0 Å². The number of rotatable bonds is 4. The maximum absolute atomic E-state index is 12.1. The Morgan fingerprint density at radius 1 is 1.14 bits per heavy atom. The number of hydrogen-bond donors (Lipinski definition) is 1. The largest absolute Gasteiger partial charge is 0.349 e. The first kappa shape index (κ1) is 15.2. The summed E-state index contributed by atoms with van der Waals surface area (Å²) in [5.74, 6) is -0.565. The van der Waals surface area contributed by atoms with Crippen molar-refractivity contribution >= 4 is 28.9 Å². The van der Waals surface area contributed by atoms with Crippen LogP contribution in [-0.2, 0) is 0 Å². The first-order chi connectivity index (χ1) is 9.90. The number of halogens is 1. The van der Waals surface area contributed by atoms with Crippen molar-refractivity contribution in [2.24, 2.45) is 0 Å². The summed E-state index contributed by atoms with van der Waals surface area (Å²) in [6.07, 6.45) is 3.69. The summed E-state index contributed by atoms with van der Waals surface area (Å²) in [7, 11) is 0. The molecule has 112 valence electrons. The summed E-state index contributed by atoms with van der Waals surface area (Å²) in [6, 6.07) is 1.92. The van der Waals surface area contributed by atoms with Crippen molar-refractivity contribution in [2.75, 3.05) is 0 Å². The highest BCUT2D eigenvalue weighted by Crippen LogP contribution is 2.35. The molecule has 1 fully saturated rings. The monoisotopic (exact) mass is 313 g/mol. The van der Waals surface area contributed by atoms with Crippen LogP contribution >= 0.6 is 11.6 Å². The molecule has 0 aliphatic heterocycles. The van der Waals surface area contributed by atoms with Gasteiger partial charge in [0.1, 0.15) is 0 Å². The van der Waals surface area contributed by atoms with Gasteiger partial charge in [-0.15, -0.1) is 0 Å². The highest BCUT2D eigenvalue weighted by Gasteiger charge is 2.28. The zero-order valence-electron chi connectivity index (χ0n) is 10.9. The van der Waals surface area contributed by atoms with Crippen LogP contribution in [0.25, 0.3) is 0 Å². The van der Waals surface area contributed by atoms with Crippen LogP contribution in [0.5, 0.6) is 0 Å². The van der Waals surface area contributed by atoms with Crippen molar-refractivity contribution in [2.45, 2.75) is 31.7 Å². The summed E-state index contributed by atoms with van der Waals surface area (Å²) in [5, 5.41) is 23.9. The van der Waals surface area contributed by atoms with Crippen LogP contribution < -0.4 is 5.32 Å². The van der Waals surface area contributed by atoms with Crippen LogP contribution in [0.2, 0.25) is 5.02 Å². The fourth-order valence-corrected chi connectivity index (χ4v) is 2.58. The maximum atomic E-state index is 12.1. The van der Waals surface area contributed by atoms with E-state index in [0.29, 0.717) is 0 Å². The second kappa shape index (κ2) is 6.04. The highest BCUT2D eigenvalue weighted by atomic mass is 35.5. The first-order valence-corrected chi connectivity index (χ1v) is 6.71. The zero-order valence-corrected chi connectivity index (χ0v) is 11.6. The molecule has 0 bridgehead atoms. The fraction of sp³-hybridized carbons (Fsp3) is 0.417. The van der Waals surface area contributed by atoms with Crippen LogP contribution in [0, 0.1) is 20.2 Å². The molecule has 0 atom stereocenters. The van der Waals surface area contributed by atoms with E-state index < -0.39 is 32.2 Å². The van der Waals surface area contributed by atoms with Crippen LogP contribution in [0.4, 0.5) is 11.4 Å². The van der Waals surface area contributed by atoms with E-state index in [1.54, 1.807) is 0 Å². The molecule has 1 aliphatic rings. The predicted molar refractivity (Wildman–Crippen MR) is 74.5 cm³/mol. The quantitative estimate of drug-likeness (QED) is 0.677. The average molecular weight is 314 g/mol. The van der Waals surface area contributed by atoms with Gasteiger partial charge in [0.25, 0.3) is 17.3 Å². The molecule has 0 radical (unpaired) electrons. The number of carbonyl (C=O) groups excluding carboxylic acids is 1. The van der Waals surface area contributed by atoms with Crippen molar-refractivity contribution in [1.29, 1.82) is 0 Å². The fourth-order valence-electron chi connectivity index (χ4n) is 2.33. The highest BCUT2D eigenvalue weighted by molar-refractivity contribution is 6.35. The molecule has 1 N–H and O–H groups in total. The Hall–Kier alpha value is -2.22. The lowest BCUT2D eigenvalue weighted by molar-refractivity contribution is -0.393. The summed E-state index contributed by atoms with van der Waals surface area (Å²) < 4.78 is 0. The summed E-state index contributed by atoms with van der Waals surface area (Å²) in [4.78, 5) is 32.1. The minimum atomic E-state index is -0.846. The number of nitro benzene ring substituents is 2. The Balaban J connectivity index is 2.36. The smallest absolute Gasteiger partial charge is 0.295 e. The average Bonchev–Trinajstić information content (AvgIpc) is 2.90. The molecule has 0 aromatic heterocycles. The van der Waals surface area contributed by atoms with Gasteiger partial charge in [0.05, 0.1) is 15.4 Å².